The molecule has 5 nitrogen and oxygen atoms in total. The van der Waals surface area contributed by atoms with Gasteiger partial charge in [0.1, 0.15) is 11.5 Å². The molecule has 0 N–H and O–H groups in total. The van der Waals surface area contributed by atoms with Crippen LogP contribution in [0.4, 0.5) is 11.5 Å². The lowest BCUT2D eigenvalue weighted by atomic mass is 10.2. The summed E-state index contributed by atoms with van der Waals surface area (Å²) in [5.74, 6) is 1.68. The summed E-state index contributed by atoms with van der Waals surface area (Å²) in [6, 6.07) is 13.8. The van der Waals surface area contributed by atoms with Crippen molar-refractivity contribution in [1.29, 1.82) is 0 Å². The van der Waals surface area contributed by atoms with Gasteiger partial charge in [-0.05, 0) is 38.1 Å². The summed E-state index contributed by atoms with van der Waals surface area (Å²) in [6.45, 7) is 7.73. The van der Waals surface area contributed by atoms with Gasteiger partial charge in [-0.3, -0.25) is 4.98 Å². The van der Waals surface area contributed by atoms with Crippen LogP contribution < -0.4 is 9.80 Å². The first kappa shape index (κ1) is 17.7. The first-order valence-corrected chi connectivity index (χ1v) is 9.52. The van der Waals surface area contributed by atoms with Crippen molar-refractivity contribution in [3.63, 3.8) is 0 Å². The number of aryl methyl sites for hydroxylation is 1. The molecule has 138 valence electrons. The van der Waals surface area contributed by atoms with E-state index in [0.717, 1.165) is 59.7 Å². The summed E-state index contributed by atoms with van der Waals surface area (Å²) >= 11 is 6.36. The van der Waals surface area contributed by atoms with Gasteiger partial charge in [0.2, 0.25) is 0 Å². The van der Waals surface area contributed by atoms with E-state index >= 15 is 0 Å². The molecule has 2 aromatic heterocycles. The first-order valence-electron chi connectivity index (χ1n) is 9.14. The minimum Gasteiger partial charge on any atom is -0.367 e. The average molecular weight is 380 g/mol. The van der Waals surface area contributed by atoms with E-state index in [9.17, 15) is 0 Å². The summed E-state index contributed by atoms with van der Waals surface area (Å²) in [5, 5.41) is 0.803. The highest BCUT2D eigenvalue weighted by atomic mass is 35.5. The summed E-state index contributed by atoms with van der Waals surface area (Å²) in [6.07, 6.45) is 1.77. The van der Waals surface area contributed by atoms with Crippen LogP contribution in [0.5, 0.6) is 0 Å². The number of para-hydroxylation sites is 1. The molecule has 1 saturated heterocycles. The fourth-order valence-electron chi connectivity index (χ4n) is 3.40. The second kappa shape index (κ2) is 7.53. The normalized spacial score (nSPS) is 14.5. The lowest BCUT2D eigenvalue weighted by Gasteiger charge is -2.37. The fraction of sp³-hybridized carbons (Fsp3) is 0.286. The Morgan fingerprint density at radius 1 is 0.852 bits per heavy atom. The Labute approximate surface area is 164 Å². The summed E-state index contributed by atoms with van der Waals surface area (Å²) in [4.78, 5) is 18.6. The molecule has 1 aliphatic rings. The summed E-state index contributed by atoms with van der Waals surface area (Å²) < 4.78 is 0. The second-order valence-corrected chi connectivity index (χ2v) is 7.13. The Bertz CT molecular complexity index is 937. The van der Waals surface area contributed by atoms with Gasteiger partial charge in [0.25, 0.3) is 0 Å². The summed E-state index contributed by atoms with van der Waals surface area (Å²) in [5.41, 5.74) is 4.02. The van der Waals surface area contributed by atoms with E-state index in [4.69, 9.17) is 16.6 Å². The Kier molecular flexibility index (Phi) is 4.94. The van der Waals surface area contributed by atoms with Gasteiger partial charge < -0.3 is 9.80 Å². The number of nitrogens with zero attached hydrogens (tertiary/aromatic N) is 5. The topological polar surface area (TPSA) is 45.2 Å². The van der Waals surface area contributed by atoms with Crippen molar-refractivity contribution in [2.24, 2.45) is 0 Å². The predicted molar refractivity (Wildman–Crippen MR) is 111 cm³/mol. The SMILES string of the molecule is Cc1nc(-c2ccccn2)nc(N2CCN(c3ccccc3Cl)CC2)c1C. The third kappa shape index (κ3) is 3.60. The lowest BCUT2D eigenvalue weighted by Crippen LogP contribution is -2.47. The van der Waals surface area contributed by atoms with Crippen molar-refractivity contribution >= 4 is 23.1 Å². The average Bonchev–Trinajstić information content (AvgIpc) is 2.71. The van der Waals surface area contributed by atoms with Gasteiger partial charge in [-0.2, -0.15) is 0 Å². The molecule has 0 bridgehead atoms. The minimum atomic E-state index is 0.683. The molecule has 0 aliphatic carbocycles. The molecule has 27 heavy (non-hydrogen) atoms. The second-order valence-electron chi connectivity index (χ2n) is 6.72. The third-order valence-corrected chi connectivity index (χ3v) is 5.35. The van der Waals surface area contributed by atoms with Crippen LogP contribution in [0.2, 0.25) is 5.02 Å². The Morgan fingerprint density at radius 3 is 2.26 bits per heavy atom. The van der Waals surface area contributed by atoms with Crippen LogP contribution in [0.15, 0.2) is 48.7 Å². The number of hydrogen-bond donors (Lipinski definition) is 0. The van der Waals surface area contributed by atoms with Crippen molar-refractivity contribution in [1.82, 2.24) is 15.0 Å². The van der Waals surface area contributed by atoms with E-state index in [1.165, 1.54) is 0 Å². The molecule has 1 fully saturated rings. The van der Waals surface area contributed by atoms with Crippen LogP contribution in [0.3, 0.4) is 0 Å². The van der Waals surface area contributed by atoms with Crippen molar-refractivity contribution in [3.05, 3.63) is 64.9 Å². The number of rotatable bonds is 3. The van der Waals surface area contributed by atoms with Gasteiger partial charge in [0.15, 0.2) is 5.82 Å². The minimum absolute atomic E-state index is 0.683. The molecule has 0 spiro atoms. The standard InChI is InChI=1S/C21H22ClN5/c1-15-16(2)24-20(18-8-5-6-10-23-18)25-21(15)27-13-11-26(12-14-27)19-9-4-3-7-17(19)22/h3-10H,11-14H2,1-2H3. The maximum atomic E-state index is 6.36. The predicted octanol–water partition coefficient (Wildman–Crippen LogP) is 4.14. The largest absolute Gasteiger partial charge is 0.367 e. The molecule has 0 amide bonds. The van der Waals surface area contributed by atoms with Gasteiger partial charge in [-0.1, -0.05) is 29.8 Å². The van der Waals surface area contributed by atoms with Crippen LogP contribution in [0.1, 0.15) is 11.3 Å². The van der Waals surface area contributed by atoms with Crippen LogP contribution in [-0.4, -0.2) is 41.1 Å². The van der Waals surface area contributed by atoms with Crippen molar-refractivity contribution in [2.75, 3.05) is 36.0 Å². The third-order valence-electron chi connectivity index (χ3n) is 5.03. The van der Waals surface area contributed by atoms with Gasteiger partial charge in [-0.25, -0.2) is 9.97 Å². The molecule has 3 heterocycles. The maximum Gasteiger partial charge on any atom is 0.180 e. The molecule has 4 rings (SSSR count). The highest BCUT2D eigenvalue weighted by molar-refractivity contribution is 6.33. The molecule has 0 atom stereocenters. The van der Waals surface area contributed by atoms with Gasteiger partial charge in [0.05, 0.1) is 10.7 Å². The molecule has 1 aliphatic heterocycles. The monoisotopic (exact) mass is 379 g/mol. The number of anilines is 2. The smallest absolute Gasteiger partial charge is 0.180 e. The number of hydrogen-bond acceptors (Lipinski definition) is 5. The van der Waals surface area contributed by atoms with Crippen LogP contribution in [0, 0.1) is 13.8 Å². The van der Waals surface area contributed by atoms with Crippen LogP contribution in [0.25, 0.3) is 11.5 Å². The van der Waals surface area contributed by atoms with E-state index in [2.05, 4.69) is 32.8 Å². The van der Waals surface area contributed by atoms with E-state index in [0.29, 0.717) is 5.82 Å². The maximum absolute atomic E-state index is 6.36. The van der Waals surface area contributed by atoms with E-state index < -0.39 is 0 Å². The molecule has 1 aromatic carbocycles. The quantitative estimate of drug-likeness (QED) is 0.684. The highest BCUT2D eigenvalue weighted by Gasteiger charge is 2.22. The number of pyridine rings is 1. The molecular weight excluding hydrogens is 358 g/mol. The van der Waals surface area contributed by atoms with Crippen molar-refractivity contribution in [2.45, 2.75) is 13.8 Å². The Morgan fingerprint density at radius 2 is 1.56 bits per heavy atom. The molecule has 3 aromatic rings. The van der Waals surface area contributed by atoms with E-state index in [-0.39, 0.29) is 0 Å². The van der Waals surface area contributed by atoms with Crippen molar-refractivity contribution < 1.29 is 0 Å². The molecular formula is C21H22ClN5. The zero-order valence-corrected chi connectivity index (χ0v) is 16.3. The molecule has 0 unspecified atom stereocenters. The number of aromatic nitrogens is 3. The Hall–Kier alpha value is -2.66. The summed E-state index contributed by atoms with van der Waals surface area (Å²) in [7, 11) is 0. The van der Waals surface area contributed by atoms with E-state index in [1.54, 1.807) is 6.20 Å². The Balaban J connectivity index is 1.58. The van der Waals surface area contributed by atoms with Gasteiger partial charge >= 0.3 is 0 Å². The first-order chi connectivity index (χ1) is 13.1. The van der Waals surface area contributed by atoms with Gasteiger partial charge in [-0.15, -0.1) is 0 Å². The molecule has 0 radical (unpaired) electrons. The van der Waals surface area contributed by atoms with Gasteiger partial charge in [0, 0.05) is 43.6 Å². The zero-order chi connectivity index (χ0) is 18.8. The van der Waals surface area contributed by atoms with Crippen LogP contribution >= 0.6 is 11.6 Å². The number of piperazine rings is 1. The molecule has 6 heteroatoms. The number of halogens is 1. The number of benzene rings is 1. The fourth-order valence-corrected chi connectivity index (χ4v) is 3.65. The lowest BCUT2D eigenvalue weighted by molar-refractivity contribution is 0.645. The zero-order valence-electron chi connectivity index (χ0n) is 15.6. The molecule has 0 saturated carbocycles. The highest BCUT2D eigenvalue weighted by Crippen LogP contribution is 2.28. The van der Waals surface area contributed by atoms with Crippen LogP contribution in [-0.2, 0) is 0 Å². The van der Waals surface area contributed by atoms with E-state index in [1.807, 2.05) is 43.3 Å². The van der Waals surface area contributed by atoms with Crippen molar-refractivity contribution in [3.8, 4) is 11.5 Å².